The van der Waals surface area contributed by atoms with Crippen LogP contribution < -0.4 is 0 Å². The molecule has 2 aromatic carbocycles. The van der Waals surface area contributed by atoms with E-state index in [9.17, 15) is 10.1 Å². The molecule has 0 bridgehead atoms. The van der Waals surface area contributed by atoms with E-state index >= 15 is 0 Å². The summed E-state index contributed by atoms with van der Waals surface area (Å²) in [5.74, 6) is 0. The van der Waals surface area contributed by atoms with Crippen LogP contribution in [0.15, 0.2) is 58.3 Å². The molecule has 0 radical (unpaired) electrons. The van der Waals surface area contributed by atoms with Crippen molar-refractivity contribution >= 4 is 29.8 Å². The zero-order valence-corrected chi connectivity index (χ0v) is 11.7. The van der Waals surface area contributed by atoms with Gasteiger partial charge in [-0.2, -0.15) is 0 Å². The van der Waals surface area contributed by atoms with Crippen molar-refractivity contribution in [2.75, 3.05) is 0 Å². The number of aryl methyl sites for hydroxylation is 1. The first-order valence-electron chi connectivity index (χ1n) is 5.47. The molecular formula is C13H11NO3S2. The Morgan fingerprint density at radius 2 is 1.42 bits per heavy atom. The summed E-state index contributed by atoms with van der Waals surface area (Å²) < 4.78 is 5.41. The highest BCUT2D eigenvalue weighted by Gasteiger charge is 2.04. The van der Waals surface area contributed by atoms with Gasteiger partial charge in [0, 0.05) is 46.0 Å². The average molecular weight is 293 g/mol. The van der Waals surface area contributed by atoms with Gasteiger partial charge in [0.25, 0.3) is 5.69 Å². The van der Waals surface area contributed by atoms with E-state index < -0.39 is 4.92 Å². The van der Waals surface area contributed by atoms with Crippen LogP contribution in [0, 0.1) is 17.0 Å². The van der Waals surface area contributed by atoms with Gasteiger partial charge in [0.2, 0.25) is 0 Å². The molecule has 0 aliphatic heterocycles. The first kappa shape index (κ1) is 13.9. The van der Waals surface area contributed by atoms with Gasteiger partial charge >= 0.3 is 0 Å². The maximum atomic E-state index is 10.5. The van der Waals surface area contributed by atoms with Crippen molar-refractivity contribution in [3.8, 4) is 0 Å². The van der Waals surface area contributed by atoms with Gasteiger partial charge in [0.05, 0.1) is 4.92 Å². The summed E-state index contributed by atoms with van der Waals surface area (Å²) in [6.45, 7) is 2.03. The molecule has 0 N–H and O–H groups in total. The van der Waals surface area contributed by atoms with Crippen LogP contribution in [0.5, 0.6) is 0 Å². The molecular weight excluding hydrogens is 282 g/mol. The second kappa shape index (κ2) is 6.60. The zero-order valence-electron chi connectivity index (χ0n) is 10.1. The van der Waals surface area contributed by atoms with Crippen LogP contribution in [0.1, 0.15) is 5.56 Å². The SMILES string of the molecule is Cc1ccc(SOSc2ccc([N+](=O)[O-])cc2)cc1. The lowest BCUT2D eigenvalue weighted by Crippen LogP contribution is -1.86. The lowest BCUT2D eigenvalue weighted by atomic mass is 10.2. The molecule has 0 aliphatic rings. The van der Waals surface area contributed by atoms with Crippen molar-refractivity contribution in [3.05, 3.63) is 64.2 Å². The molecule has 6 heteroatoms. The van der Waals surface area contributed by atoms with Crippen LogP contribution in [0.4, 0.5) is 5.69 Å². The van der Waals surface area contributed by atoms with Gasteiger partial charge in [-0.1, -0.05) is 17.7 Å². The number of hydrogen-bond donors (Lipinski definition) is 0. The lowest BCUT2D eigenvalue weighted by Gasteiger charge is -2.01. The Labute approximate surface area is 119 Å². The van der Waals surface area contributed by atoms with E-state index in [0.717, 1.165) is 9.79 Å². The third-order valence-electron chi connectivity index (χ3n) is 2.33. The molecule has 0 unspecified atom stereocenters. The average Bonchev–Trinajstić information content (AvgIpc) is 2.41. The van der Waals surface area contributed by atoms with Crippen molar-refractivity contribution in [1.29, 1.82) is 0 Å². The van der Waals surface area contributed by atoms with Gasteiger partial charge < -0.3 is 0 Å². The van der Waals surface area contributed by atoms with Crippen LogP contribution >= 0.6 is 24.1 Å². The van der Waals surface area contributed by atoms with E-state index in [1.165, 1.54) is 41.8 Å². The molecule has 0 aromatic heterocycles. The monoisotopic (exact) mass is 293 g/mol. The van der Waals surface area contributed by atoms with Crippen molar-refractivity contribution in [2.24, 2.45) is 0 Å². The maximum Gasteiger partial charge on any atom is 0.269 e. The van der Waals surface area contributed by atoms with Crippen LogP contribution in [-0.4, -0.2) is 4.92 Å². The van der Waals surface area contributed by atoms with Crippen LogP contribution in [0.2, 0.25) is 0 Å². The number of nitro benzene ring substituents is 1. The van der Waals surface area contributed by atoms with Gasteiger partial charge in [0.15, 0.2) is 0 Å². The fourth-order valence-corrected chi connectivity index (χ4v) is 2.57. The topological polar surface area (TPSA) is 52.4 Å². The molecule has 4 nitrogen and oxygen atoms in total. The summed E-state index contributed by atoms with van der Waals surface area (Å²) >= 11 is 2.44. The Kier molecular flexibility index (Phi) is 4.84. The van der Waals surface area contributed by atoms with Gasteiger partial charge in [-0.15, -0.1) is 0 Å². The molecule has 0 atom stereocenters. The maximum absolute atomic E-state index is 10.5. The minimum absolute atomic E-state index is 0.0792. The number of nitrogens with zero attached hydrogens (tertiary/aromatic N) is 1. The Balaban J connectivity index is 1.85. The third kappa shape index (κ3) is 4.27. The Morgan fingerprint density at radius 1 is 0.947 bits per heavy atom. The number of benzene rings is 2. The summed E-state index contributed by atoms with van der Waals surface area (Å²) in [5.41, 5.74) is 1.28. The fourth-order valence-electron chi connectivity index (χ4n) is 1.31. The molecule has 0 heterocycles. The molecule has 0 spiro atoms. The molecule has 0 saturated carbocycles. The van der Waals surface area contributed by atoms with Crippen molar-refractivity contribution < 1.29 is 8.55 Å². The Morgan fingerprint density at radius 3 is 1.89 bits per heavy atom. The lowest BCUT2D eigenvalue weighted by molar-refractivity contribution is -0.384. The highest BCUT2D eigenvalue weighted by Crippen LogP contribution is 2.30. The molecule has 2 aromatic rings. The molecule has 0 fully saturated rings. The van der Waals surface area contributed by atoms with E-state index in [-0.39, 0.29) is 5.69 Å². The van der Waals surface area contributed by atoms with Crippen molar-refractivity contribution in [3.63, 3.8) is 0 Å². The van der Waals surface area contributed by atoms with E-state index in [0.29, 0.717) is 0 Å². The summed E-state index contributed by atoms with van der Waals surface area (Å²) in [4.78, 5) is 11.9. The molecule has 98 valence electrons. The minimum atomic E-state index is -0.420. The molecule has 0 saturated heterocycles. The molecule has 2 rings (SSSR count). The first-order valence-corrected chi connectivity index (χ1v) is 6.96. The van der Waals surface area contributed by atoms with Gasteiger partial charge in [0.1, 0.15) is 0 Å². The first-order chi connectivity index (χ1) is 9.15. The summed E-state index contributed by atoms with van der Waals surface area (Å²) in [5, 5.41) is 10.5. The van der Waals surface area contributed by atoms with E-state index in [1.54, 1.807) is 12.1 Å². The molecule has 19 heavy (non-hydrogen) atoms. The predicted octanol–water partition coefficient (Wildman–Crippen LogP) is 4.63. The highest BCUT2D eigenvalue weighted by atomic mass is 32.2. The van der Waals surface area contributed by atoms with Gasteiger partial charge in [-0.05, 0) is 31.2 Å². The van der Waals surface area contributed by atoms with E-state index in [2.05, 4.69) is 0 Å². The smallest absolute Gasteiger partial charge is 0.258 e. The highest BCUT2D eigenvalue weighted by molar-refractivity contribution is 8.07. The van der Waals surface area contributed by atoms with Gasteiger partial charge in [-0.25, -0.2) is 3.63 Å². The summed E-state index contributed by atoms with van der Waals surface area (Å²) in [6.07, 6.45) is 0. The third-order valence-corrected chi connectivity index (χ3v) is 3.80. The molecule has 0 aliphatic carbocycles. The van der Waals surface area contributed by atoms with E-state index in [4.69, 9.17) is 3.63 Å². The number of rotatable bonds is 5. The second-order valence-electron chi connectivity index (χ2n) is 3.80. The summed E-state index contributed by atoms with van der Waals surface area (Å²) in [7, 11) is 0. The molecule has 0 amide bonds. The largest absolute Gasteiger partial charge is 0.269 e. The van der Waals surface area contributed by atoms with Crippen LogP contribution in [0.25, 0.3) is 0 Å². The fraction of sp³-hybridized carbons (Fsp3) is 0.0769. The number of non-ortho nitro benzene ring substituents is 1. The van der Waals surface area contributed by atoms with Crippen molar-refractivity contribution in [1.82, 2.24) is 0 Å². The standard InChI is InChI=1S/C13H11NO3S2/c1-10-2-6-12(7-3-10)18-17-19-13-8-4-11(5-9-13)14(15)16/h2-9H,1H3. The second-order valence-corrected chi connectivity index (χ2v) is 5.62. The normalized spacial score (nSPS) is 10.4. The van der Waals surface area contributed by atoms with Crippen LogP contribution in [0.3, 0.4) is 0 Å². The van der Waals surface area contributed by atoms with Crippen LogP contribution in [-0.2, 0) is 3.63 Å². The quantitative estimate of drug-likeness (QED) is 0.457. The van der Waals surface area contributed by atoms with Gasteiger partial charge in [-0.3, -0.25) is 10.1 Å². The Bertz CT molecular complexity index is 555. The number of hydrogen-bond acceptors (Lipinski definition) is 5. The van der Waals surface area contributed by atoms with Crippen molar-refractivity contribution in [2.45, 2.75) is 16.7 Å². The minimum Gasteiger partial charge on any atom is -0.258 e. The summed E-state index contributed by atoms with van der Waals surface area (Å²) in [6, 6.07) is 14.2. The predicted molar refractivity (Wildman–Crippen MR) is 77.1 cm³/mol. The zero-order chi connectivity index (χ0) is 13.7. The Hall–Kier alpha value is -1.50. The number of nitro groups is 1. The van der Waals surface area contributed by atoms with E-state index in [1.807, 2.05) is 31.2 Å².